The van der Waals surface area contributed by atoms with Gasteiger partial charge in [-0.3, -0.25) is 5.32 Å². The van der Waals surface area contributed by atoms with Crippen molar-refractivity contribution in [3.63, 3.8) is 0 Å². The van der Waals surface area contributed by atoms with Crippen LogP contribution in [-0.4, -0.2) is 26.8 Å². The van der Waals surface area contributed by atoms with Crippen molar-refractivity contribution in [2.45, 2.75) is 44.9 Å². The zero-order valence-corrected chi connectivity index (χ0v) is 22.9. The average molecular weight is 546 g/mol. The molecule has 2 aromatic heterocycles. The van der Waals surface area contributed by atoms with Crippen LogP contribution >= 0.6 is 0 Å². The van der Waals surface area contributed by atoms with Crippen LogP contribution in [0.1, 0.15) is 49.5 Å². The summed E-state index contributed by atoms with van der Waals surface area (Å²) >= 11 is 0. The minimum absolute atomic E-state index is 0.342. The Morgan fingerprint density at radius 1 is 1.12 bits per heavy atom. The highest BCUT2D eigenvalue weighted by Crippen LogP contribution is 2.43. The van der Waals surface area contributed by atoms with Gasteiger partial charge in [0.25, 0.3) is 0 Å². The van der Waals surface area contributed by atoms with Gasteiger partial charge in [-0.25, -0.2) is 9.78 Å². The fourth-order valence-electron chi connectivity index (χ4n) is 5.30. The quantitative estimate of drug-likeness (QED) is 0.207. The van der Waals surface area contributed by atoms with Crippen molar-refractivity contribution in [3.8, 4) is 23.1 Å². The second-order valence-electron chi connectivity index (χ2n) is 10.3. The van der Waals surface area contributed by atoms with Gasteiger partial charge < -0.3 is 18.6 Å². The number of aromatic nitrogens is 3. The molecule has 2 heterocycles. The van der Waals surface area contributed by atoms with Crippen LogP contribution in [0.15, 0.2) is 91.5 Å². The Kier molecular flexibility index (Phi) is 7.42. The molecule has 5 aromatic rings. The minimum Gasteiger partial charge on any atom is -0.492 e. The molecule has 1 amide bonds. The number of amides is 1. The molecular formula is C33H31N5O3. The summed E-state index contributed by atoms with van der Waals surface area (Å²) in [6, 6.07) is 26.0. The van der Waals surface area contributed by atoms with Crippen molar-refractivity contribution < 1.29 is 14.3 Å². The number of rotatable bonds is 9. The largest absolute Gasteiger partial charge is 0.492 e. The van der Waals surface area contributed by atoms with Crippen LogP contribution in [0.5, 0.6) is 5.75 Å². The molecule has 1 aliphatic rings. The van der Waals surface area contributed by atoms with Crippen LogP contribution in [0.25, 0.3) is 22.2 Å². The number of fused-ring (bicyclic) bond motifs is 1. The van der Waals surface area contributed by atoms with Gasteiger partial charge >= 0.3 is 6.09 Å². The van der Waals surface area contributed by atoms with Crippen molar-refractivity contribution in [2.24, 2.45) is 0 Å². The van der Waals surface area contributed by atoms with E-state index in [-0.39, 0.29) is 6.10 Å². The van der Waals surface area contributed by atoms with Crippen molar-refractivity contribution >= 4 is 22.7 Å². The smallest absolute Gasteiger partial charge is 0.412 e. The topological polar surface area (TPSA) is 94.1 Å². The number of carbonyl (C=O) groups is 1. The Hall–Kier alpha value is -5.03. The lowest BCUT2D eigenvalue weighted by Gasteiger charge is -2.30. The van der Waals surface area contributed by atoms with Crippen molar-refractivity contribution in [1.29, 1.82) is 5.26 Å². The molecule has 0 bridgehead atoms. The van der Waals surface area contributed by atoms with Crippen LogP contribution in [0.2, 0.25) is 0 Å². The van der Waals surface area contributed by atoms with Gasteiger partial charge in [0.05, 0.1) is 29.6 Å². The monoisotopic (exact) mass is 545 g/mol. The molecule has 0 spiro atoms. The predicted molar refractivity (Wildman–Crippen MR) is 158 cm³/mol. The van der Waals surface area contributed by atoms with Crippen LogP contribution in [0, 0.1) is 11.3 Å². The van der Waals surface area contributed by atoms with Gasteiger partial charge in [-0.2, -0.15) is 5.26 Å². The molecule has 1 N–H and O–H groups in total. The molecule has 206 valence electrons. The number of nitrogens with zero attached hydrogens (tertiary/aromatic N) is 4. The molecule has 1 atom stereocenters. The first-order valence-electron chi connectivity index (χ1n) is 13.9. The summed E-state index contributed by atoms with van der Waals surface area (Å²) in [5.41, 5.74) is 5.03. The summed E-state index contributed by atoms with van der Waals surface area (Å²) in [6.07, 6.45) is 7.86. The molecule has 1 saturated carbocycles. The molecule has 6 rings (SSSR count). The van der Waals surface area contributed by atoms with Gasteiger partial charge in [-0.15, -0.1) is 0 Å². The van der Waals surface area contributed by atoms with Crippen LogP contribution in [0.4, 0.5) is 10.5 Å². The Morgan fingerprint density at radius 3 is 2.61 bits per heavy atom. The fraction of sp³-hybridized carbons (Fsp3) is 0.242. The number of carbonyl (C=O) groups excluding carboxylic acids is 1. The zero-order chi connectivity index (χ0) is 28.2. The third kappa shape index (κ3) is 5.52. The van der Waals surface area contributed by atoms with E-state index < -0.39 is 6.09 Å². The summed E-state index contributed by atoms with van der Waals surface area (Å²) in [4.78, 5) is 16.6. The molecule has 0 radical (unpaired) electrons. The van der Waals surface area contributed by atoms with Crippen molar-refractivity contribution in [2.75, 3.05) is 11.9 Å². The summed E-state index contributed by atoms with van der Waals surface area (Å²) in [7, 11) is 0. The van der Waals surface area contributed by atoms with E-state index >= 15 is 0 Å². The zero-order valence-electron chi connectivity index (χ0n) is 22.9. The SMILES string of the molecule is C[C@H](OC(=O)Nc1ccc(-c2c(C#N)c3cc(OCCn4ccnc4)ccc3n2C2CCC2)cc1)c1ccccc1. The lowest BCUT2D eigenvalue weighted by atomic mass is 9.92. The predicted octanol–water partition coefficient (Wildman–Crippen LogP) is 7.49. The van der Waals surface area contributed by atoms with Gasteiger partial charge in [0.2, 0.25) is 0 Å². The summed E-state index contributed by atoms with van der Waals surface area (Å²) < 4.78 is 15.9. The molecule has 3 aromatic carbocycles. The molecular weight excluding hydrogens is 514 g/mol. The van der Waals surface area contributed by atoms with Crippen molar-refractivity contribution in [3.05, 3.63) is 103 Å². The maximum Gasteiger partial charge on any atom is 0.412 e. The number of anilines is 1. The first-order chi connectivity index (χ1) is 20.1. The molecule has 8 heteroatoms. The summed E-state index contributed by atoms with van der Waals surface area (Å²) in [6.45, 7) is 3.04. The van der Waals surface area contributed by atoms with Gasteiger partial charge in [0.15, 0.2) is 0 Å². The first kappa shape index (κ1) is 26.2. The molecule has 1 aliphatic carbocycles. The highest BCUT2D eigenvalue weighted by atomic mass is 16.6. The van der Waals surface area contributed by atoms with Crippen LogP contribution in [-0.2, 0) is 11.3 Å². The van der Waals surface area contributed by atoms with E-state index in [9.17, 15) is 10.1 Å². The van der Waals surface area contributed by atoms with E-state index in [1.54, 1.807) is 12.5 Å². The normalized spacial score (nSPS) is 13.8. The number of imidazole rings is 1. The number of hydrogen-bond donors (Lipinski definition) is 1. The third-order valence-electron chi connectivity index (χ3n) is 7.66. The van der Waals surface area contributed by atoms with E-state index in [0.29, 0.717) is 30.4 Å². The molecule has 1 fully saturated rings. The Bertz CT molecular complexity index is 1680. The Balaban J connectivity index is 1.24. The standard InChI is InChI=1S/C33H31N5O3/c1-23(24-6-3-2-4-7-24)41-33(39)36-26-12-10-25(11-13-26)32-30(21-34)29-20-28(40-19-18-37-17-16-35-22-37)14-15-31(29)38(32)27-8-5-9-27/h2-4,6-7,10-17,20,22-23,27H,5,8-9,18-19H2,1H3,(H,36,39)/t23-/m0/s1. The third-order valence-corrected chi connectivity index (χ3v) is 7.66. The van der Waals surface area contributed by atoms with Gasteiger partial charge in [0, 0.05) is 29.5 Å². The van der Waals surface area contributed by atoms with E-state index in [1.807, 2.05) is 84.4 Å². The Labute approximate surface area is 238 Å². The van der Waals surface area contributed by atoms with Gasteiger partial charge in [-0.05, 0) is 67.6 Å². The second-order valence-corrected chi connectivity index (χ2v) is 10.3. The number of hydrogen-bond acceptors (Lipinski definition) is 5. The number of ether oxygens (including phenoxy) is 2. The second kappa shape index (κ2) is 11.6. The molecule has 0 aliphatic heterocycles. The maximum absolute atomic E-state index is 12.5. The lowest BCUT2D eigenvalue weighted by Crippen LogP contribution is -2.18. The van der Waals surface area contributed by atoms with E-state index in [4.69, 9.17) is 9.47 Å². The fourth-order valence-corrected chi connectivity index (χ4v) is 5.30. The van der Waals surface area contributed by atoms with Crippen LogP contribution < -0.4 is 10.1 Å². The van der Waals surface area contributed by atoms with Gasteiger partial charge in [-0.1, -0.05) is 42.5 Å². The van der Waals surface area contributed by atoms with E-state index in [0.717, 1.165) is 46.3 Å². The summed E-state index contributed by atoms with van der Waals surface area (Å²) in [5.74, 6) is 0.731. The highest BCUT2D eigenvalue weighted by Gasteiger charge is 2.28. The maximum atomic E-state index is 12.5. The number of nitrogens with one attached hydrogen (secondary N) is 1. The molecule has 8 nitrogen and oxygen atoms in total. The first-order valence-corrected chi connectivity index (χ1v) is 13.9. The van der Waals surface area contributed by atoms with Crippen molar-refractivity contribution in [1.82, 2.24) is 14.1 Å². The number of benzene rings is 3. The molecule has 41 heavy (non-hydrogen) atoms. The minimum atomic E-state index is -0.518. The highest BCUT2D eigenvalue weighted by molar-refractivity contribution is 5.96. The van der Waals surface area contributed by atoms with E-state index in [2.05, 4.69) is 27.0 Å². The summed E-state index contributed by atoms with van der Waals surface area (Å²) in [5, 5.41) is 14.0. The van der Waals surface area contributed by atoms with Gasteiger partial charge in [0.1, 0.15) is 24.5 Å². The molecule has 0 unspecified atom stereocenters. The lowest BCUT2D eigenvalue weighted by molar-refractivity contribution is 0.121. The number of nitriles is 1. The Morgan fingerprint density at radius 2 is 1.93 bits per heavy atom. The van der Waals surface area contributed by atoms with E-state index in [1.165, 1.54) is 6.42 Å². The molecule has 0 saturated heterocycles. The average Bonchev–Trinajstić information content (AvgIpc) is 3.59. The van der Waals surface area contributed by atoms with Crippen LogP contribution in [0.3, 0.4) is 0 Å².